The average molecular weight is 226 g/mol. The molecule has 1 aromatic rings. The minimum absolute atomic E-state index is 0.258. The number of carbonyl (C=O) groups excluding carboxylic acids is 2. The molecule has 1 N–H and O–H groups in total. The van der Waals surface area contributed by atoms with Crippen LogP contribution < -0.4 is 10.2 Å². The van der Waals surface area contributed by atoms with E-state index in [1.807, 2.05) is 0 Å². The third kappa shape index (κ3) is 2.07. The van der Waals surface area contributed by atoms with Gasteiger partial charge in [0.15, 0.2) is 0 Å². The van der Waals surface area contributed by atoms with Crippen molar-refractivity contribution < 1.29 is 9.59 Å². The van der Waals surface area contributed by atoms with Gasteiger partial charge in [-0.3, -0.25) is 20.0 Å². The standard InChI is InChI=1S/C9H8ClN3O2/c10-6-3-7(5-11-4-6)13-2-1-8(14)12-9(13)15/h3-5H,1-2H2,(H,12,14,15). The molecule has 0 atom stereocenters. The smallest absolute Gasteiger partial charge is 0.292 e. The molecule has 1 aromatic heterocycles. The molecule has 15 heavy (non-hydrogen) atoms. The zero-order valence-electron chi connectivity index (χ0n) is 7.74. The van der Waals surface area contributed by atoms with E-state index in [9.17, 15) is 9.59 Å². The van der Waals surface area contributed by atoms with Crippen molar-refractivity contribution in [3.05, 3.63) is 23.5 Å². The SMILES string of the molecule is O=C1CCN(c2cncc(Cl)c2)C(=O)N1. The Bertz CT molecular complexity index is 422. The van der Waals surface area contributed by atoms with Crippen LogP contribution in [0.5, 0.6) is 0 Å². The number of urea groups is 1. The van der Waals surface area contributed by atoms with Gasteiger partial charge in [-0.2, -0.15) is 0 Å². The highest BCUT2D eigenvalue weighted by Gasteiger charge is 2.24. The number of nitrogens with zero attached hydrogens (tertiary/aromatic N) is 2. The number of carbonyl (C=O) groups is 2. The maximum atomic E-state index is 11.4. The fourth-order valence-electron chi connectivity index (χ4n) is 1.36. The molecule has 0 unspecified atom stereocenters. The van der Waals surface area contributed by atoms with Crippen LogP contribution >= 0.6 is 11.6 Å². The molecule has 2 rings (SSSR count). The highest BCUT2D eigenvalue weighted by molar-refractivity contribution is 6.30. The lowest BCUT2D eigenvalue weighted by Crippen LogP contribution is -2.49. The van der Waals surface area contributed by atoms with Gasteiger partial charge in [0.1, 0.15) is 0 Å². The summed E-state index contributed by atoms with van der Waals surface area (Å²) in [6.45, 7) is 0.354. The quantitative estimate of drug-likeness (QED) is 0.781. The Labute approximate surface area is 91.0 Å². The van der Waals surface area contributed by atoms with Crippen LogP contribution in [0.2, 0.25) is 5.02 Å². The first-order valence-corrected chi connectivity index (χ1v) is 4.76. The maximum absolute atomic E-state index is 11.4. The number of hydrogen-bond acceptors (Lipinski definition) is 3. The second kappa shape index (κ2) is 3.86. The van der Waals surface area contributed by atoms with Crippen molar-refractivity contribution in [1.82, 2.24) is 10.3 Å². The highest BCUT2D eigenvalue weighted by atomic mass is 35.5. The van der Waals surface area contributed by atoms with E-state index in [1.54, 1.807) is 6.07 Å². The number of anilines is 1. The molecular weight excluding hydrogens is 218 g/mol. The first-order chi connectivity index (χ1) is 7.16. The third-order valence-corrected chi connectivity index (χ3v) is 2.26. The lowest BCUT2D eigenvalue weighted by Gasteiger charge is -2.26. The molecule has 0 saturated carbocycles. The zero-order chi connectivity index (χ0) is 10.8. The summed E-state index contributed by atoms with van der Waals surface area (Å²) in [5.41, 5.74) is 0.590. The van der Waals surface area contributed by atoms with Gasteiger partial charge in [0.2, 0.25) is 5.91 Å². The summed E-state index contributed by atoms with van der Waals surface area (Å²) in [6.07, 6.45) is 3.30. The fourth-order valence-corrected chi connectivity index (χ4v) is 1.53. The maximum Gasteiger partial charge on any atom is 0.328 e. The van der Waals surface area contributed by atoms with E-state index in [2.05, 4.69) is 10.3 Å². The van der Waals surface area contributed by atoms with Crippen LogP contribution in [0.4, 0.5) is 10.5 Å². The van der Waals surface area contributed by atoms with Crippen LogP contribution in [0.3, 0.4) is 0 Å². The fraction of sp³-hybridized carbons (Fsp3) is 0.222. The lowest BCUT2D eigenvalue weighted by atomic mass is 10.3. The summed E-state index contributed by atoms with van der Waals surface area (Å²) < 4.78 is 0. The molecule has 78 valence electrons. The molecule has 1 saturated heterocycles. The van der Waals surface area contributed by atoms with Crippen LogP contribution in [0.25, 0.3) is 0 Å². The Morgan fingerprint density at radius 2 is 2.20 bits per heavy atom. The Morgan fingerprint density at radius 1 is 1.40 bits per heavy atom. The minimum Gasteiger partial charge on any atom is -0.292 e. The van der Waals surface area contributed by atoms with Gasteiger partial charge in [0.25, 0.3) is 0 Å². The summed E-state index contributed by atoms with van der Waals surface area (Å²) in [5, 5.41) is 2.68. The number of nitrogens with one attached hydrogen (secondary N) is 1. The summed E-state index contributed by atoms with van der Waals surface area (Å²) in [4.78, 5) is 27.7. The molecule has 1 aliphatic rings. The van der Waals surface area contributed by atoms with Crippen molar-refractivity contribution >= 4 is 29.2 Å². The van der Waals surface area contributed by atoms with E-state index in [0.717, 1.165) is 0 Å². The summed E-state index contributed by atoms with van der Waals surface area (Å²) >= 11 is 5.75. The van der Waals surface area contributed by atoms with Crippen molar-refractivity contribution in [1.29, 1.82) is 0 Å². The van der Waals surface area contributed by atoms with Gasteiger partial charge in [-0.1, -0.05) is 11.6 Å². The number of rotatable bonds is 1. The summed E-state index contributed by atoms with van der Waals surface area (Å²) in [6, 6.07) is 1.19. The normalized spacial score (nSPS) is 16.5. The molecule has 0 radical (unpaired) electrons. The second-order valence-electron chi connectivity index (χ2n) is 3.12. The molecule has 2 heterocycles. The zero-order valence-corrected chi connectivity index (χ0v) is 8.49. The molecule has 0 aliphatic carbocycles. The molecule has 0 spiro atoms. The van der Waals surface area contributed by atoms with E-state index in [0.29, 0.717) is 17.3 Å². The molecule has 6 heteroatoms. The van der Waals surface area contributed by atoms with E-state index in [1.165, 1.54) is 17.3 Å². The molecule has 3 amide bonds. The van der Waals surface area contributed by atoms with Gasteiger partial charge < -0.3 is 0 Å². The Kier molecular flexibility index (Phi) is 2.55. The van der Waals surface area contributed by atoms with Crippen molar-refractivity contribution in [3.63, 3.8) is 0 Å². The van der Waals surface area contributed by atoms with E-state index in [-0.39, 0.29) is 12.3 Å². The van der Waals surface area contributed by atoms with Gasteiger partial charge in [-0.25, -0.2) is 4.79 Å². The number of hydrogen-bond donors (Lipinski definition) is 1. The van der Waals surface area contributed by atoms with Crippen LogP contribution in [-0.2, 0) is 4.79 Å². The summed E-state index contributed by atoms with van der Waals surface area (Å²) in [7, 11) is 0. The number of aromatic nitrogens is 1. The summed E-state index contributed by atoms with van der Waals surface area (Å²) in [5.74, 6) is -0.258. The average Bonchev–Trinajstić information content (AvgIpc) is 2.17. The predicted octanol–water partition coefficient (Wildman–Crippen LogP) is 1.18. The topological polar surface area (TPSA) is 62.3 Å². The number of halogens is 1. The van der Waals surface area contributed by atoms with Gasteiger partial charge in [-0.15, -0.1) is 0 Å². The number of amides is 3. The van der Waals surface area contributed by atoms with Crippen LogP contribution in [0.15, 0.2) is 18.5 Å². The Balaban J connectivity index is 2.24. The molecule has 1 fully saturated rings. The van der Waals surface area contributed by atoms with Crippen molar-refractivity contribution in [2.24, 2.45) is 0 Å². The van der Waals surface area contributed by atoms with Gasteiger partial charge in [0, 0.05) is 19.2 Å². The van der Waals surface area contributed by atoms with Crippen LogP contribution in [0.1, 0.15) is 6.42 Å². The third-order valence-electron chi connectivity index (χ3n) is 2.06. The van der Waals surface area contributed by atoms with Crippen molar-refractivity contribution in [2.75, 3.05) is 11.4 Å². The van der Waals surface area contributed by atoms with Crippen LogP contribution in [-0.4, -0.2) is 23.5 Å². The molecule has 0 aromatic carbocycles. The van der Waals surface area contributed by atoms with E-state index < -0.39 is 6.03 Å². The largest absolute Gasteiger partial charge is 0.328 e. The van der Waals surface area contributed by atoms with E-state index >= 15 is 0 Å². The van der Waals surface area contributed by atoms with Crippen LogP contribution in [0, 0.1) is 0 Å². The van der Waals surface area contributed by atoms with Crippen molar-refractivity contribution in [3.8, 4) is 0 Å². The first-order valence-electron chi connectivity index (χ1n) is 4.39. The molecule has 0 bridgehead atoms. The van der Waals surface area contributed by atoms with Gasteiger partial charge in [0.05, 0.1) is 16.9 Å². The second-order valence-corrected chi connectivity index (χ2v) is 3.55. The van der Waals surface area contributed by atoms with E-state index in [4.69, 9.17) is 11.6 Å². The van der Waals surface area contributed by atoms with Gasteiger partial charge in [-0.05, 0) is 6.07 Å². The molecule has 5 nitrogen and oxygen atoms in total. The highest BCUT2D eigenvalue weighted by Crippen LogP contribution is 2.19. The number of imide groups is 1. The minimum atomic E-state index is -0.435. The first kappa shape index (κ1) is 9.92. The van der Waals surface area contributed by atoms with Crippen molar-refractivity contribution in [2.45, 2.75) is 6.42 Å². The predicted molar refractivity (Wildman–Crippen MR) is 54.7 cm³/mol. The number of pyridine rings is 1. The lowest BCUT2D eigenvalue weighted by molar-refractivity contribution is -0.120. The molecule has 1 aliphatic heterocycles. The van der Waals surface area contributed by atoms with Gasteiger partial charge >= 0.3 is 6.03 Å². The molecular formula is C9H8ClN3O2. The Hall–Kier alpha value is -1.62. The Morgan fingerprint density at radius 3 is 2.87 bits per heavy atom. The monoisotopic (exact) mass is 225 g/mol.